The van der Waals surface area contributed by atoms with E-state index in [4.69, 9.17) is 44.9 Å². The van der Waals surface area contributed by atoms with Gasteiger partial charge in [-0.3, -0.25) is 14.5 Å². The number of thiocarbonyl (C=S) groups is 1. The fraction of sp³-hybridized carbons (Fsp3) is 0.111. The molecule has 1 aliphatic heterocycles. The Kier molecular flexibility index (Phi) is 6.33. The van der Waals surface area contributed by atoms with Crippen LogP contribution in [0.25, 0.3) is 17.4 Å². The lowest BCUT2D eigenvalue weighted by Gasteiger charge is -2.21. The average molecular weight is 472 g/mol. The fourth-order valence-corrected chi connectivity index (χ4v) is 4.31. The van der Waals surface area contributed by atoms with Crippen LogP contribution in [-0.2, 0) is 14.4 Å². The van der Waals surface area contributed by atoms with Crippen LogP contribution in [0.5, 0.6) is 0 Å². The number of rotatable bonds is 6. The quantitative estimate of drug-likeness (QED) is 0.471. The van der Waals surface area contributed by atoms with E-state index >= 15 is 0 Å². The molecule has 0 aliphatic carbocycles. The number of halogens is 2. The average Bonchev–Trinajstić information content (AvgIpc) is 3.20. The zero-order valence-electron chi connectivity index (χ0n) is 14.3. The standard InChI is InChI=1S/C18H11Cl2NO6S2/c19-8-1-3-11(20)10(5-8)13-4-2-9(27-13)6-14-16(24)21(18(28)29-14)12(17(25)26)7-15(22)23/h1-6,12H,7H2,(H,22,23)(H,25,26)/b14-6-. The molecule has 1 atom stereocenters. The molecule has 1 aliphatic rings. The first-order chi connectivity index (χ1) is 13.7. The van der Waals surface area contributed by atoms with Crippen LogP contribution in [0.4, 0.5) is 0 Å². The highest BCUT2D eigenvalue weighted by atomic mass is 35.5. The lowest BCUT2D eigenvalue weighted by molar-refractivity contribution is -0.150. The molecule has 1 unspecified atom stereocenters. The molecule has 2 heterocycles. The van der Waals surface area contributed by atoms with Gasteiger partial charge in [-0.05, 0) is 30.3 Å². The maximum Gasteiger partial charge on any atom is 0.327 e. The second-order valence-electron chi connectivity index (χ2n) is 5.83. The van der Waals surface area contributed by atoms with E-state index < -0.39 is 30.3 Å². The van der Waals surface area contributed by atoms with Crippen molar-refractivity contribution >= 4 is 75.4 Å². The first-order valence-corrected chi connectivity index (χ1v) is 9.92. The molecule has 150 valence electrons. The molecule has 2 N–H and O–H groups in total. The van der Waals surface area contributed by atoms with E-state index in [9.17, 15) is 19.5 Å². The first-order valence-electron chi connectivity index (χ1n) is 7.94. The predicted molar refractivity (Wildman–Crippen MR) is 113 cm³/mol. The molecule has 1 aromatic carbocycles. The van der Waals surface area contributed by atoms with E-state index in [-0.39, 0.29) is 9.23 Å². The Bertz CT molecular complexity index is 1060. The normalized spacial score (nSPS) is 16.5. The predicted octanol–water partition coefficient (Wildman–Crippen LogP) is 4.38. The van der Waals surface area contributed by atoms with Gasteiger partial charge in [0.15, 0.2) is 0 Å². The zero-order valence-corrected chi connectivity index (χ0v) is 17.4. The highest BCUT2D eigenvalue weighted by molar-refractivity contribution is 8.26. The van der Waals surface area contributed by atoms with Crippen molar-refractivity contribution in [3.8, 4) is 11.3 Å². The van der Waals surface area contributed by atoms with Gasteiger partial charge in [0.2, 0.25) is 0 Å². The number of benzene rings is 1. The molecule has 11 heteroatoms. The Morgan fingerprint density at radius 3 is 2.62 bits per heavy atom. The summed E-state index contributed by atoms with van der Waals surface area (Å²) in [5.74, 6) is -2.78. The minimum atomic E-state index is -1.59. The van der Waals surface area contributed by atoms with Gasteiger partial charge in [0.05, 0.1) is 16.3 Å². The second-order valence-corrected chi connectivity index (χ2v) is 8.35. The summed E-state index contributed by atoms with van der Waals surface area (Å²) in [5, 5.41) is 19.1. The molecular formula is C18H11Cl2NO6S2. The van der Waals surface area contributed by atoms with Crippen LogP contribution in [0.15, 0.2) is 39.7 Å². The van der Waals surface area contributed by atoms with Crippen molar-refractivity contribution in [3.05, 3.63) is 51.0 Å². The summed E-state index contributed by atoms with van der Waals surface area (Å²) < 4.78 is 5.66. The lowest BCUT2D eigenvalue weighted by atomic mass is 10.2. The van der Waals surface area contributed by atoms with Crippen molar-refractivity contribution in [1.82, 2.24) is 4.90 Å². The number of carbonyl (C=O) groups is 3. The van der Waals surface area contributed by atoms with Crippen molar-refractivity contribution in [2.24, 2.45) is 0 Å². The number of carboxylic acid groups (broad SMARTS) is 2. The van der Waals surface area contributed by atoms with Gasteiger partial charge in [-0.1, -0.05) is 47.2 Å². The van der Waals surface area contributed by atoms with E-state index in [0.717, 1.165) is 16.7 Å². The minimum absolute atomic E-state index is 0.0421. The molecule has 0 saturated carbocycles. The number of amides is 1. The number of hydrogen-bond acceptors (Lipinski definition) is 6. The molecule has 1 saturated heterocycles. The third-order valence-corrected chi connectivity index (χ3v) is 5.78. The van der Waals surface area contributed by atoms with E-state index in [1.807, 2.05) is 0 Å². The number of nitrogens with zero attached hydrogens (tertiary/aromatic N) is 1. The summed E-state index contributed by atoms with van der Waals surface area (Å²) in [6.07, 6.45) is 0.633. The third-order valence-electron chi connectivity index (χ3n) is 3.88. The van der Waals surface area contributed by atoms with E-state index in [1.54, 1.807) is 30.3 Å². The molecular weight excluding hydrogens is 461 g/mol. The fourth-order valence-electron chi connectivity index (χ4n) is 2.59. The van der Waals surface area contributed by atoms with Gasteiger partial charge in [-0.25, -0.2) is 4.79 Å². The summed E-state index contributed by atoms with van der Waals surface area (Å²) >= 11 is 18.1. The Balaban J connectivity index is 1.88. The van der Waals surface area contributed by atoms with Crippen molar-refractivity contribution in [3.63, 3.8) is 0 Å². The van der Waals surface area contributed by atoms with Crippen molar-refractivity contribution < 1.29 is 29.0 Å². The van der Waals surface area contributed by atoms with Gasteiger partial charge >= 0.3 is 11.9 Å². The maximum absolute atomic E-state index is 12.6. The maximum atomic E-state index is 12.6. The molecule has 0 spiro atoms. The van der Waals surface area contributed by atoms with Crippen molar-refractivity contribution in [2.45, 2.75) is 12.5 Å². The number of carbonyl (C=O) groups excluding carboxylic acids is 1. The SMILES string of the molecule is O=C(O)CC(C(=O)O)N1C(=O)/C(=C/c2ccc(-c3cc(Cl)ccc3Cl)o2)SC1=S. The summed E-state index contributed by atoms with van der Waals surface area (Å²) in [5.41, 5.74) is 0.568. The van der Waals surface area contributed by atoms with Crippen LogP contribution in [-0.4, -0.2) is 43.3 Å². The molecule has 1 fully saturated rings. The monoisotopic (exact) mass is 471 g/mol. The van der Waals surface area contributed by atoms with Crippen LogP contribution >= 0.6 is 47.2 Å². The Morgan fingerprint density at radius 2 is 1.97 bits per heavy atom. The van der Waals surface area contributed by atoms with Gasteiger partial charge in [0.25, 0.3) is 5.91 Å². The number of furan rings is 1. The highest BCUT2D eigenvalue weighted by Crippen LogP contribution is 2.36. The third kappa shape index (κ3) is 4.64. The number of hydrogen-bond donors (Lipinski definition) is 2. The van der Waals surface area contributed by atoms with Gasteiger partial charge < -0.3 is 14.6 Å². The topological polar surface area (TPSA) is 108 Å². The van der Waals surface area contributed by atoms with E-state index in [0.29, 0.717) is 27.1 Å². The Hall–Kier alpha value is -2.33. The highest BCUT2D eigenvalue weighted by Gasteiger charge is 2.41. The Labute approximate surface area is 183 Å². The molecule has 29 heavy (non-hydrogen) atoms. The van der Waals surface area contributed by atoms with Crippen LogP contribution in [0.3, 0.4) is 0 Å². The first kappa shape index (κ1) is 21.4. The van der Waals surface area contributed by atoms with E-state index in [2.05, 4.69) is 0 Å². The van der Waals surface area contributed by atoms with Crippen LogP contribution in [0.2, 0.25) is 10.0 Å². The number of aliphatic carboxylic acids is 2. The smallest absolute Gasteiger partial charge is 0.327 e. The Morgan fingerprint density at radius 1 is 1.24 bits per heavy atom. The van der Waals surface area contributed by atoms with Crippen molar-refractivity contribution in [1.29, 1.82) is 0 Å². The number of carboxylic acids is 2. The van der Waals surface area contributed by atoms with Crippen LogP contribution in [0.1, 0.15) is 12.2 Å². The zero-order chi connectivity index (χ0) is 21.3. The summed E-state index contributed by atoms with van der Waals surface area (Å²) in [4.78, 5) is 35.9. The van der Waals surface area contributed by atoms with Gasteiger partial charge in [-0.15, -0.1) is 0 Å². The minimum Gasteiger partial charge on any atom is -0.481 e. The van der Waals surface area contributed by atoms with Crippen LogP contribution in [0, 0.1) is 0 Å². The van der Waals surface area contributed by atoms with E-state index in [1.165, 1.54) is 6.08 Å². The second kappa shape index (κ2) is 8.58. The molecule has 1 amide bonds. The number of thioether (sulfide) groups is 1. The molecule has 0 bridgehead atoms. The molecule has 1 aromatic heterocycles. The van der Waals surface area contributed by atoms with Crippen molar-refractivity contribution in [2.75, 3.05) is 0 Å². The summed E-state index contributed by atoms with van der Waals surface area (Å²) in [6.45, 7) is 0. The lowest BCUT2D eigenvalue weighted by Crippen LogP contribution is -2.45. The molecule has 7 nitrogen and oxygen atoms in total. The van der Waals surface area contributed by atoms with Gasteiger partial charge in [0, 0.05) is 16.7 Å². The molecule has 2 aromatic rings. The summed E-state index contributed by atoms with van der Waals surface area (Å²) in [7, 11) is 0. The molecule has 3 rings (SSSR count). The largest absolute Gasteiger partial charge is 0.481 e. The molecule has 0 radical (unpaired) electrons. The van der Waals surface area contributed by atoms with Gasteiger partial charge in [0.1, 0.15) is 21.9 Å². The van der Waals surface area contributed by atoms with Gasteiger partial charge in [-0.2, -0.15) is 0 Å². The van der Waals surface area contributed by atoms with Crippen LogP contribution < -0.4 is 0 Å². The summed E-state index contributed by atoms with van der Waals surface area (Å²) in [6, 6.07) is 6.55.